The minimum atomic E-state index is -0.757. The lowest BCUT2D eigenvalue weighted by molar-refractivity contribution is -0.122. The topological polar surface area (TPSA) is 95.7 Å². The van der Waals surface area contributed by atoms with E-state index < -0.39 is 6.10 Å². The number of aryl methyl sites for hydroxylation is 1. The molecule has 8 heteroatoms. The highest BCUT2D eigenvalue weighted by molar-refractivity contribution is 5.96. The summed E-state index contributed by atoms with van der Waals surface area (Å²) in [6.45, 7) is 13.1. The highest BCUT2D eigenvalue weighted by atomic mass is 16.6. The zero-order chi connectivity index (χ0) is 25.4. The Hall–Kier alpha value is -3.55. The molecule has 0 aliphatic carbocycles. The maximum atomic E-state index is 13.0. The Morgan fingerprint density at radius 2 is 1.66 bits per heavy atom. The summed E-state index contributed by atoms with van der Waals surface area (Å²) in [4.78, 5) is 13.0. The molecule has 1 atom stereocenters. The van der Waals surface area contributed by atoms with E-state index in [1.165, 1.54) is 0 Å². The van der Waals surface area contributed by atoms with Gasteiger partial charge in [0.05, 0.1) is 13.2 Å². The number of carbonyl (C=O) groups excluding carboxylic acids is 1. The fraction of sp³-hybridized carbons (Fsp3) is 0.444. The molecule has 0 unspecified atom stereocenters. The SMILES string of the molecule is CCCOc1ccc(-c2nonc2NC(=O)[C@@H](C)Oc2cc(C)ccc2C(C)C)cc1OCCC. The van der Waals surface area contributed by atoms with Crippen LogP contribution in [0, 0.1) is 6.92 Å². The van der Waals surface area contributed by atoms with Crippen LogP contribution in [0.1, 0.15) is 64.5 Å². The van der Waals surface area contributed by atoms with Crippen molar-refractivity contribution in [2.45, 2.75) is 66.4 Å². The Balaban J connectivity index is 1.78. The molecule has 2 aromatic carbocycles. The largest absolute Gasteiger partial charge is 0.490 e. The molecule has 1 aromatic heterocycles. The third kappa shape index (κ3) is 6.74. The van der Waals surface area contributed by atoms with Crippen LogP contribution in [0.4, 0.5) is 5.82 Å². The number of nitrogens with one attached hydrogen (secondary N) is 1. The number of ether oxygens (including phenoxy) is 3. The smallest absolute Gasteiger partial charge is 0.266 e. The van der Waals surface area contributed by atoms with Gasteiger partial charge in [0.2, 0.25) is 5.82 Å². The van der Waals surface area contributed by atoms with Crippen molar-refractivity contribution in [1.82, 2.24) is 10.3 Å². The molecule has 0 saturated carbocycles. The summed E-state index contributed by atoms with van der Waals surface area (Å²) in [5.74, 6) is 2.08. The van der Waals surface area contributed by atoms with Crippen LogP contribution in [-0.2, 0) is 4.79 Å². The Morgan fingerprint density at radius 3 is 2.34 bits per heavy atom. The molecule has 0 radical (unpaired) electrons. The number of rotatable bonds is 12. The number of nitrogens with zero attached hydrogens (tertiary/aromatic N) is 2. The summed E-state index contributed by atoms with van der Waals surface area (Å²) >= 11 is 0. The summed E-state index contributed by atoms with van der Waals surface area (Å²) in [5, 5.41) is 10.7. The first-order valence-electron chi connectivity index (χ1n) is 12.1. The van der Waals surface area contributed by atoms with Crippen LogP contribution in [0.15, 0.2) is 41.0 Å². The van der Waals surface area contributed by atoms with E-state index in [1.807, 2.05) is 57.2 Å². The van der Waals surface area contributed by atoms with Crippen molar-refractivity contribution < 1.29 is 23.6 Å². The first-order chi connectivity index (χ1) is 16.8. The van der Waals surface area contributed by atoms with Gasteiger partial charge in [-0.25, -0.2) is 4.63 Å². The lowest BCUT2D eigenvalue weighted by Crippen LogP contribution is -2.30. The van der Waals surface area contributed by atoms with Crippen LogP contribution in [0.5, 0.6) is 17.2 Å². The number of benzene rings is 2. The highest BCUT2D eigenvalue weighted by Crippen LogP contribution is 2.35. The molecule has 188 valence electrons. The second-order valence-electron chi connectivity index (χ2n) is 8.77. The Kier molecular flexibility index (Phi) is 9.11. The van der Waals surface area contributed by atoms with E-state index in [9.17, 15) is 4.79 Å². The highest BCUT2D eigenvalue weighted by Gasteiger charge is 2.22. The van der Waals surface area contributed by atoms with Crippen molar-refractivity contribution in [3.63, 3.8) is 0 Å². The van der Waals surface area contributed by atoms with Gasteiger partial charge in [-0.3, -0.25) is 4.79 Å². The normalized spacial score (nSPS) is 11.9. The zero-order valence-electron chi connectivity index (χ0n) is 21.4. The van der Waals surface area contributed by atoms with Crippen molar-refractivity contribution in [3.05, 3.63) is 47.5 Å². The number of carbonyl (C=O) groups is 1. The molecule has 3 rings (SSSR count). The lowest BCUT2D eigenvalue weighted by Gasteiger charge is -2.19. The second kappa shape index (κ2) is 12.2. The van der Waals surface area contributed by atoms with Crippen LogP contribution in [-0.4, -0.2) is 35.5 Å². The van der Waals surface area contributed by atoms with Crippen molar-refractivity contribution in [2.24, 2.45) is 0 Å². The van der Waals surface area contributed by atoms with Gasteiger partial charge >= 0.3 is 0 Å². The Morgan fingerprint density at radius 1 is 0.943 bits per heavy atom. The number of aromatic nitrogens is 2. The van der Waals surface area contributed by atoms with Gasteiger partial charge in [0.15, 0.2) is 23.3 Å². The predicted molar refractivity (Wildman–Crippen MR) is 135 cm³/mol. The van der Waals surface area contributed by atoms with Crippen LogP contribution >= 0.6 is 0 Å². The summed E-state index contributed by atoms with van der Waals surface area (Å²) in [5.41, 5.74) is 3.19. The van der Waals surface area contributed by atoms with E-state index in [-0.39, 0.29) is 17.6 Å². The number of hydrogen-bond donors (Lipinski definition) is 1. The first-order valence-corrected chi connectivity index (χ1v) is 12.1. The molecule has 1 heterocycles. The molecular weight excluding hydrogens is 446 g/mol. The van der Waals surface area contributed by atoms with Crippen LogP contribution in [0.3, 0.4) is 0 Å². The summed E-state index contributed by atoms with van der Waals surface area (Å²) in [7, 11) is 0. The van der Waals surface area contributed by atoms with Crippen molar-refractivity contribution in [3.8, 4) is 28.5 Å². The van der Waals surface area contributed by atoms with Crippen LogP contribution in [0.2, 0.25) is 0 Å². The standard InChI is InChI=1S/C27H35N3O5/c1-7-13-32-22-12-10-20(16-24(22)33-14-8-2)25-26(30-35-29-25)28-27(31)19(6)34-23-15-18(5)9-11-21(23)17(3)4/h9-12,15-17,19H,7-8,13-14H2,1-6H3,(H,28,30,31)/t19-/m1/s1. The lowest BCUT2D eigenvalue weighted by atomic mass is 10.0. The molecule has 1 N–H and O–H groups in total. The van der Waals surface area contributed by atoms with Gasteiger partial charge in [0.25, 0.3) is 5.91 Å². The van der Waals surface area contributed by atoms with E-state index in [4.69, 9.17) is 18.8 Å². The minimum Gasteiger partial charge on any atom is -0.490 e. The van der Waals surface area contributed by atoms with E-state index in [0.29, 0.717) is 41.7 Å². The molecule has 0 fully saturated rings. The van der Waals surface area contributed by atoms with Crippen LogP contribution in [0.25, 0.3) is 11.3 Å². The van der Waals surface area contributed by atoms with Gasteiger partial charge in [-0.15, -0.1) is 0 Å². The van der Waals surface area contributed by atoms with Gasteiger partial charge in [-0.05, 0) is 78.3 Å². The number of anilines is 1. The summed E-state index contributed by atoms with van der Waals surface area (Å²) in [6.07, 6.45) is 0.994. The first kappa shape index (κ1) is 26.1. The van der Waals surface area contributed by atoms with Gasteiger partial charge in [0, 0.05) is 5.56 Å². The maximum absolute atomic E-state index is 13.0. The van der Waals surface area contributed by atoms with Crippen molar-refractivity contribution >= 4 is 11.7 Å². The molecule has 0 spiro atoms. The molecule has 1 amide bonds. The average molecular weight is 482 g/mol. The molecule has 0 aliphatic rings. The number of hydrogen-bond acceptors (Lipinski definition) is 7. The fourth-order valence-corrected chi connectivity index (χ4v) is 3.45. The van der Waals surface area contributed by atoms with Gasteiger partial charge in [-0.1, -0.05) is 39.8 Å². The fourth-order valence-electron chi connectivity index (χ4n) is 3.45. The Labute approximate surface area is 206 Å². The van der Waals surface area contributed by atoms with E-state index in [0.717, 1.165) is 24.0 Å². The average Bonchev–Trinajstić information content (AvgIpc) is 3.29. The third-order valence-corrected chi connectivity index (χ3v) is 5.33. The quantitative estimate of drug-likeness (QED) is 0.331. The van der Waals surface area contributed by atoms with Gasteiger partial charge in [-0.2, -0.15) is 0 Å². The Bertz CT molecular complexity index is 1130. The number of amides is 1. The molecular formula is C27H35N3O5. The van der Waals surface area contributed by atoms with Crippen LogP contribution < -0.4 is 19.5 Å². The van der Waals surface area contributed by atoms with E-state index in [2.05, 4.69) is 29.5 Å². The molecule has 0 saturated heterocycles. The monoisotopic (exact) mass is 481 g/mol. The molecule has 35 heavy (non-hydrogen) atoms. The maximum Gasteiger partial charge on any atom is 0.266 e. The van der Waals surface area contributed by atoms with Gasteiger partial charge < -0.3 is 19.5 Å². The van der Waals surface area contributed by atoms with E-state index >= 15 is 0 Å². The van der Waals surface area contributed by atoms with Gasteiger partial charge in [0.1, 0.15) is 5.75 Å². The summed E-state index contributed by atoms with van der Waals surface area (Å²) < 4.78 is 22.7. The van der Waals surface area contributed by atoms with Crippen molar-refractivity contribution in [1.29, 1.82) is 0 Å². The summed E-state index contributed by atoms with van der Waals surface area (Å²) in [6, 6.07) is 11.5. The zero-order valence-corrected chi connectivity index (χ0v) is 21.4. The molecule has 8 nitrogen and oxygen atoms in total. The molecule has 0 aliphatic heterocycles. The molecule has 3 aromatic rings. The predicted octanol–water partition coefficient (Wildman–Crippen LogP) is 6.15. The second-order valence-corrected chi connectivity index (χ2v) is 8.77. The van der Waals surface area contributed by atoms with Crippen molar-refractivity contribution in [2.75, 3.05) is 18.5 Å². The van der Waals surface area contributed by atoms with E-state index in [1.54, 1.807) is 6.92 Å². The molecule has 0 bridgehead atoms. The third-order valence-electron chi connectivity index (χ3n) is 5.33. The minimum absolute atomic E-state index is 0.211.